The average Bonchev–Trinajstić information content (AvgIpc) is 2.76. The molecule has 0 nitrogen and oxygen atoms in total. The van der Waals surface area contributed by atoms with E-state index in [4.69, 9.17) is 0 Å². The molecule has 0 saturated heterocycles. The van der Waals surface area contributed by atoms with Gasteiger partial charge in [-0.2, -0.15) is 0 Å². The van der Waals surface area contributed by atoms with Gasteiger partial charge in [-0.25, -0.2) is 0 Å². The number of rotatable bonds is 5. The Morgan fingerprint density at radius 3 is 1.48 bits per heavy atom. The van der Waals surface area contributed by atoms with Crippen molar-refractivity contribution in [2.45, 2.75) is 42.9 Å². The second-order valence-electron chi connectivity index (χ2n) is 7.80. The van der Waals surface area contributed by atoms with E-state index in [1.54, 1.807) is 16.7 Å². The molecule has 25 heavy (non-hydrogen) atoms. The van der Waals surface area contributed by atoms with Crippen LogP contribution in [0.25, 0.3) is 0 Å². The topological polar surface area (TPSA) is 0 Å². The van der Waals surface area contributed by atoms with Gasteiger partial charge >= 0.3 is 162 Å². The molecule has 1 heteroatoms. The molecule has 0 aliphatic heterocycles. The molecule has 0 bridgehead atoms. The van der Waals surface area contributed by atoms with Gasteiger partial charge in [0.25, 0.3) is 0 Å². The predicted octanol–water partition coefficient (Wildman–Crippen LogP) is 6.66. The van der Waals surface area contributed by atoms with Crippen LogP contribution in [0.2, 0.25) is 0 Å². The minimum atomic E-state index is -1.87. The molecule has 1 aliphatic carbocycles. The van der Waals surface area contributed by atoms with E-state index in [1.807, 2.05) is 3.28 Å². The van der Waals surface area contributed by atoms with Crippen molar-refractivity contribution in [1.29, 1.82) is 0 Å². The quantitative estimate of drug-likeness (QED) is 0.519. The summed E-state index contributed by atoms with van der Waals surface area (Å²) in [7, 11) is 0. The fourth-order valence-corrected chi connectivity index (χ4v) is 13.4. The van der Waals surface area contributed by atoms with Gasteiger partial charge in [0.05, 0.1) is 0 Å². The van der Waals surface area contributed by atoms with E-state index >= 15 is 0 Å². The Bertz CT molecular complexity index is 753. The van der Waals surface area contributed by atoms with Crippen molar-refractivity contribution in [1.82, 2.24) is 0 Å². The van der Waals surface area contributed by atoms with E-state index in [1.165, 1.54) is 19.4 Å². The first kappa shape index (κ1) is 18.6. The van der Waals surface area contributed by atoms with Gasteiger partial charge in [-0.15, -0.1) is 0 Å². The SMILES string of the molecule is CC1=C(C)C(C)(C)[C]([Zr]([CH2]c2ccccc2)[CH2]c2ccccc2)=C1C. The van der Waals surface area contributed by atoms with Gasteiger partial charge in [-0.05, 0) is 0 Å². The summed E-state index contributed by atoms with van der Waals surface area (Å²) in [5, 5.41) is 0. The third-order valence-electron chi connectivity index (χ3n) is 5.94. The number of hydrogen-bond donors (Lipinski definition) is 0. The molecule has 0 spiro atoms. The summed E-state index contributed by atoms with van der Waals surface area (Å²) < 4.78 is 4.43. The summed E-state index contributed by atoms with van der Waals surface area (Å²) in [5.41, 5.74) is 8.01. The summed E-state index contributed by atoms with van der Waals surface area (Å²) in [6, 6.07) is 22.3. The van der Waals surface area contributed by atoms with Crippen LogP contribution in [-0.2, 0) is 30.0 Å². The van der Waals surface area contributed by atoms with Crippen LogP contribution in [0.1, 0.15) is 45.7 Å². The predicted molar refractivity (Wildman–Crippen MR) is 105 cm³/mol. The summed E-state index contributed by atoms with van der Waals surface area (Å²) in [5.74, 6) is 0. The molecule has 0 heterocycles. The van der Waals surface area contributed by atoms with Crippen molar-refractivity contribution in [2.24, 2.45) is 5.41 Å². The third kappa shape index (κ3) is 3.82. The molecule has 0 saturated carbocycles. The zero-order valence-corrected chi connectivity index (χ0v) is 18.6. The van der Waals surface area contributed by atoms with Crippen LogP contribution in [0.4, 0.5) is 0 Å². The van der Waals surface area contributed by atoms with E-state index in [-0.39, 0.29) is 5.41 Å². The number of benzene rings is 2. The Balaban J connectivity index is 2.00. The van der Waals surface area contributed by atoms with Crippen LogP contribution in [0.5, 0.6) is 0 Å². The van der Waals surface area contributed by atoms with Crippen molar-refractivity contribution in [3.8, 4) is 0 Å². The van der Waals surface area contributed by atoms with Crippen LogP contribution in [0, 0.1) is 5.41 Å². The molecule has 0 amide bonds. The van der Waals surface area contributed by atoms with Crippen LogP contribution in [0.3, 0.4) is 0 Å². The van der Waals surface area contributed by atoms with Crippen LogP contribution in [0.15, 0.2) is 80.7 Å². The van der Waals surface area contributed by atoms with Crippen molar-refractivity contribution < 1.29 is 21.8 Å². The van der Waals surface area contributed by atoms with Crippen LogP contribution in [-0.4, -0.2) is 0 Å². The number of hydrogen-bond acceptors (Lipinski definition) is 0. The summed E-state index contributed by atoms with van der Waals surface area (Å²) in [4.78, 5) is 0. The molecule has 129 valence electrons. The normalized spacial score (nSPS) is 16.5. The Morgan fingerprint density at radius 1 is 0.680 bits per heavy atom. The van der Waals surface area contributed by atoms with Gasteiger partial charge in [-0.1, -0.05) is 0 Å². The first-order valence-corrected chi connectivity index (χ1v) is 13.9. The Morgan fingerprint density at radius 2 is 1.12 bits per heavy atom. The van der Waals surface area contributed by atoms with Gasteiger partial charge in [0, 0.05) is 0 Å². The van der Waals surface area contributed by atoms with Crippen molar-refractivity contribution in [2.75, 3.05) is 0 Å². The number of allylic oxidation sites excluding steroid dienone is 4. The molecule has 1 aliphatic rings. The second-order valence-corrected chi connectivity index (χ2v) is 13.7. The second kappa shape index (κ2) is 7.59. The Hall–Kier alpha value is -1.20. The Labute approximate surface area is 161 Å². The monoisotopic (exact) mass is 407 g/mol. The van der Waals surface area contributed by atoms with Gasteiger partial charge in [0.1, 0.15) is 0 Å². The average molecular weight is 409 g/mol. The molecule has 0 fully saturated rings. The van der Waals surface area contributed by atoms with Crippen molar-refractivity contribution in [3.05, 3.63) is 91.8 Å². The zero-order valence-electron chi connectivity index (χ0n) is 16.2. The standard InChI is InChI=1S/C10H15.2C7H7.Zr/c1-7-6-10(4,5)9(3)8(7)2;2*1-7-5-3-2-4-6-7;/h1-5H3;2*2-6H,1H2;. The van der Waals surface area contributed by atoms with Gasteiger partial charge in [0.2, 0.25) is 0 Å². The summed E-state index contributed by atoms with van der Waals surface area (Å²) in [6.07, 6.45) is 0. The summed E-state index contributed by atoms with van der Waals surface area (Å²) >= 11 is -1.87. The molecule has 3 rings (SSSR count). The van der Waals surface area contributed by atoms with E-state index in [9.17, 15) is 0 Å². The maximum atomic E-state index is 2.45. The van der Waals surface area contributed by atoms with Gasteiger partial charge in [0.15, 0.2) is 0 Å². The van der Waals surface area contributed by atoms with E-state index in [0.717, 1.165) is 0 Å². The fourth-order valence-electron chi connectivity index (χ4n) is 4.22. The van der Waals surface area contributed by atoms with Crippen molar-refractivity contribution in [3.63, 3.8) is 0 Å². The molecular weight excluding hydrogens is 379 g/mol. The van der Waals surface area contributed by atoms with Crippen molar-refractivity contribution >= 4 is 0 Å². The van der Waals surface area contributed by atoms with Gasteiger partial charge in [-0.3, -0.25) is 0 Å². The Kier molecular flexibility index (Phi) is 5.64. The van der Waals surface area contributed by atoms with Gasteiger partial charge < -0.3 is 0 Å². The van der Waals surface area contributed by atoms with E-state index in [2.05, 4.69) is 95.3 Å². The summed E-state index contributed by atoms with van der Waals surface area (Å²) in [6.45, 7) is 11.9. The van der Waals surface area contributed by atoms with E-state index < -0.39 is 21.8 Å². The maximum absolute atomic E-state index is 2.45. The first-order chi connectivity index (χ1) is 11.9. The molecule has 0 atom stereocenters. The molecule has 0 N–H and O–H groups in total. The fraction of sp³-hybridized carbons (Fsp3) is 0.333. The molecule has 0 unspecified atom stereocenters. The third-order valence-corrected chi connectivity index (χ3v) is 14.2. The zero-order chi connectivity index (χ0) is 18.0. The van der Waals surface area contributed by atoms with Crippen LogP contribution < -0.4 is 0 Å². The molecular formula is C24H29Zr. The first-order valence-electron chi connectivity index (χ1n) is 9.24. The molecule has 2 aromatic rings. The molecule has 0 aromatic heterocycles. The molecule has 2 aromatic carbocycles. The van der Waals surface area contributed by atoms with Crippen LogP contribution >= 0.6 is 0 Å². The van der Waals surface area contributed by atoms with E-state index in [0.29, 0.717) is 0 Å². The minimum absolute atomic E-state index is 0.243. The molecule has 0 radical (unpaired) electrons.